The highest BCUT2D eigenvalue weighted by Gasteiger charge is 2.32. The Kier molecular flexibility index (Phi) is 5.43. The molecule has 0 aromatic carbocycles. The molecule has 10 heteroatoms. The molecule has 0 saturated carbocycles. The van der Waals surface area contributed by atoms with Crippen LogP contribution >= 0.6 is 0 Å². The SMILES string of the molecule is COc1nc(CO)nc(N2C(C)CN(c3ccnc(CO)n3)CC2C)n1. The van der Waals surface area contributed by atoms with Crippen molar-refractivity contribution in [3.05, 3.63) is 23.9 Å². The third-order valence-electron chi connectivity index (χ3n) is 4.28. The van der Waals surface area contributed by atoms with E-state index in [1.54, 1.807) is 6.20 Å². The minimum Gasteiger partial charge on any atom is -0.467 e. The van der Waals surface area contributed by atoms with Crippen LogP contribution in [0, 0.1) is 0 Å². The van der Waals surface area contributed by atoms with Crippen LogP contribution in [-0.2, 0) is 13.2 Å². The number of rotatable bonds is 5. The van der Waals surface area contributed by atoms with Crippen LogP contribution in [0.2, 0.25) is 0 Å². The minimum absolute atomic E-state index is 0.0879. The Bertz CT molecular complexity index is 726. The second kappa shape index (κ2) is 7.75. The third kappa shape index (κ3) is 3.65. The van der Waals surface area contributed by atoms with E-state index in [4.69, 9.17) is 4.74 Å². The van der Waals surface area contributed by atoms with Crippen molar-refractivity contribution in [1.82, 2.24) is 24.9 Å². The van der Waals surface area contributed by atoms with Crippen molar-refractivity contribution < 1.29 is 14.9 Å². The normalized spacial score (nSPS) is 20.3. The molecule has 2 aromatic rings. The van der Waals surface area contributed by atoms with E-state index in [1.807, 2.05) is 6.07 Å². The van der Waals surface area contributed by atoms with E-state index in [9.17, 15) is 10.2 Å². The summed E-state index contributed by atoms with van der Waals surface area (Å²) >= 11 is 0. The Balaban J connectivity index is 1.85. The quantitative estimate of drug-likeness (QED) is 0.738. The summed E-state index contributed by atoms with van der Waals surface area (Å²) in [5, 5.41) is 18.6. The zero-order valence-electron chi connectivity index (χ0n) is 15.1. The van der Waals surface area contributed by atoms with Gasteiger partial charge in [0.05, 0.1) is 7.11 Å². The molecule has 10 nitrogen and oxygen atoms in total. The maximum absolute atomic E-state index is 9.38. The van der Waals surface area contributed by atoms with Crippen molar-refractivity contribution in [3.63, 3.8) is 0 Å². The number of anilines is 2. The van der Waals surface area contributed by atoms with E-state index >= 15 is 0 Å². The Labute approximate surface area is 151 Å². The summed E-state index contributed by atoms with van der Waals surface area (Å²) in [7, 11) is 1.49. The topological polar surface area (TPSA) is 121 Å². The number of ether oxygens (including phenoxy) is 1. The molecule has 0 spiro atoms. The molecule has 2 aromatic heterocycles. The van der Waals surface area contributed by atoms with Gasteiger partial charge in [-0.2, -0.15) is 15.0 Å². The van der Waals surface area contributed by atoms with Gasteiger partial charge in [0.1, 0.15) is 19.0 Å². The molecule has 2 atom stereocenters. The molecule has 3 heterocycles. The van der Waals surface area contributed by atoms with Gasteiger partial charge in [-0.3, -0.25) is 0 Å². The van der Waals surface area contributed by atoms with Gasteiger partial charge in [0.15, 0.2) is 11.6 Å². The maximum atomic E-state index is 9.38. The van der Waals surface area contributed by atoms with E-state index in [0.29, 0.717) is 24.9 Å². The van der Waals surface area contributed by atoms with E-state index in [2.05, 4.69) is 48.6 Å². The van der Waals surface area contributed by atoms with Crippen LogP contribution in [0.1, 0.15) is 25.5 Å². The van der Waals surface area contributed by atoms with Gasteiger partial charge < -0.3 is 24.7 Å². The standard InChI is InChI=1S/C16H23N7O3/c1-10-6-22(14-4-5-17-12(8-24)18-14)7-11(2)23(10)15-19-13(9-25)20-16(21-15)26-3/h4-5,10-11,24-25H,6-9H2,1-3H3. The Morgan fingerprint density at radius 3 is 2.35 bits per heavy atom. The highest BCUT2D eigenvalue weighted by Crippen LogP contribution is 2.25. The molecule has 3 rings (SSSR count). The first kappa shape index (κ1) is 18.2. The average molecular weight is 361 g/mol. The Morgan fingerprint density at radius 2 is 1.73 bits per heavy atom. The Hall–Kier alpha value is -2.59. The molecule has 2 unspecified atom stereocenters. The summed E-state index contributed by atoms with van der Waals surface area (Å²) in [4.78, 5) is 25.4. The van der Waals surface area contributed by atoms with Crippen molar-refractivity contribution in [2.24, 2.45) is 0 Å². The molecule has 1 saturated heterocycles. The predicted molar refractivity (Wildman–Crippen MR) is 93.9 cm³/mol. The zero-order valence-corrected chi connectivity index (χ0v) is 15.1. The number of piperazine rings is 1. The lowest BCUT2D eigenvalue weighted by atomic mass is 10.1. The van der Waals surface area contributed by atoms with Crippen molar-refractivity contribution in [3.8, 4) is 6.01 Å². The first-order valence-corrected chi connectivity index (χ1v) is 8.41. The minimum atomic E-state index is -0.278. The molecule has 140 valence electrons. The number of nitrogens with zero attached hydrogens (tertiary/aromatic N) is 7. The summed E-state index contributed by atoms with van der Waals surface area (Å²) in [5.41, 5.74) is 0. The fourth-order valence-corrected chi connectivity index (χ4v) is 3.21. The lowest BCUT2D eigenvalue weighted by Crippen LogP contribution is -2.58. The molecule has 1 aliphatic heterocycles. The van der Waals surface area contributed by atoms with Crippen LogP contribution in [0.5, 0.6) is 6.01 Å². The molecule has 1 fully saturated rings. The van der Waals surface area contributed by atoms with Crippen LogP contribution in [-0.4, -0.2) is 67.4 Å². The third-order valence-corrected chi connectivity index (χ3v) is 4.28. The summed E-state index contributed by atoms with van der Waals surface area (Å²) in [5.74, 6) is 1.95. The van der Waals surface area contributed by atoms with Crippen molar-refractivity contribution in [1.29, 1.82) is 0 Å². The number of aliphatic hydroxyl groups is 2. The van der Waals surface area contributed by atoms with Crippen LogP contribution in [0.15, 0.2) is 12.3 Å². The number of methoxy groups -OCH3 is 1. The maximum Gasteiger partial charge on any atom is 0.321 e. The smallest absolute Gasteiger partial charge is 0.321 e. The van der Waals surface area contributed by atoms with Crippen LogP contribution in [0.25, 0.3) is 0 Å². The number of aliphatic hydroxyl groups excluding tert-OH is 2. The van der Waals surface area contributed by atoms with Gasteiger partial charge >= 0.3 is 6.01 Å². The van der Waals surface area contributed by atoms with Gasteiger partial charge in [0, 0.05) is 31.4 Å². The molecular formula is C16H23N7O3. The van der Waals surface area contributed by atoms with Crippen molar-refractivity contribution in [2.45, 2.75) is 39.1 Å². The lowest BCUT2D eigenvalue weighted by molar-refractivity contribution is 0.266. The second-order valence-electron chi connectivity index (χ2n) is 6.20. The molecule has 0 aliphatic carbocycles. The zero-order chi connectivity index (χ0) is 18.7. The number of hydrogen-bond donors (Lipinski definition) is 2. The molecule has 1 aliphatic rings. The first-order chi connectivity index (χ1) is 12.5. The van der Waals surface area contributed by atoms with Gasteiger partial charge in [-0.05, 0) is 19.9 Å². The van der Waals surface area contributed by atoms with Crippen LogP contribution < -0.4 is 14.5 Å². The molecule has 26 heavy (non-hydrogen) atoms. The summed E-state index contributed by atoms with van der Waals surface area (Å²) in [6.45, 7) is 5.09. The molecule has 0 bridgehead atoms. The van der Waals surface area contributed by atoms with Crippen molar-refractivity contribution in [2.75, 3.05) is 30.0 Å². The average Bonchev–Trinajstić information content (AvgIpc) is 2.67. The van der Waals surface area contributed by atoms with E-state index < -0.39 is 0 Å². The van der Waals surface area contributed by atoms with Crippen molar-refractivity contribution >= 4 is 11.8 Å². The molecule has 0 amide bonds. The summed E-state index contributed by atoms with van der Waals surface area (Å²) in [6, 6.07) is 2.20. The van der Waals surface area contributed by atoms with Gasteiger partial charge in [0.25, 0.3) is 0 Å². The van der Waals surface area contributed by atoms with E-state index in [0.717, 1.165) is 5.82 Å². The summed E-state index contributed by atoms with van der Waals surface area (Å²) < 4.78 is 5.12. The summed E-state index contributed by atoms with van der Waals surface area (Å²) in [6.07, 6.45) is 1.65. The first-order valence-electron chi connectivity index (χ1n) is 8.41. The molecule has 2 N–H and O–H groups in total. The monoisotopic (exact) mass is 361 g/mol. The van der Waals surface area contributed by atoms with E-state index in [-0.39, 0.29) is 37.1 Å². The highest BCUT2D eigenvalue weighted by molar-refractivity contribution is 5.44. The second-order valence-corrected chi connectivity index (χ2v) is 6.20. The predicted octanol–water partition coefficient (Wildman–Crippen LogP) is -0.242. The highest BCUT2D eigenvalue weighted by atomic mass is 16.5. The van der Waals surface area contributed by atoms with Gasteiger partial charge in [-0.25, -0.2) is 9.97 Å². The lowest BCUT2D eigenvalue weighted by Gasteiger charge is -2.44. The van der Waals surface area contributed by atoms with Crippen LogP contribution in [0.4, 0.5) is 11.8 Å². The largest absolute Gasteiger partial charge is 0.467 e. The Morgan fingerprint density at radius 1 is 1.04 bits per heavy atom. The number of aromatic nitrogens is 5. The van der Waals surface area contributed by atoms with Crippen LogP contribution in [0.3, 0.4) is 0 Å². The fraction of sp³-hybridized carbons (Fsp3) is 0.562. The van der Waals surface area contributed by atoms with Gasteiger partial charge in [0.2, 0.25) is 5.95 Å². The molecular weight excluding hydrogens is 338 g/mol. The van der Waals surface area contributed by atoms with Gasteiger partial charge in [-0.1, -0.05) is 0 Å². The van der Waals surface area contributed by atoms with E-state index in [1.165, 1.54) is 7.11 Å². The fourth-order valence-electron chi connectivity index (χ4n) is 3.21. The van der Waals surface area contributed by atoms with Gasteiger partial charge in [-0.15, -0.1) is 0 Å². The molecule has 0 radical (unpaired) electrons. The number of hydrogen-bond acceptors (Lipinski definition) is 10.